The Bertz CT molecular complexity index is 892. The number of anilines is 1. The number of hydrogen-bond donors (Lipinski definition) is 1. The van der Waals surface area contributed by atoms with Crippen LogP contribution in [0.5, 0.6) is 11.5 Å². The first-order valence-corrected chi connectivity index (χ1v) is 8.81. The number of hydrogen-bond acceptors (Lipinski definition) is 6. The molecule has 2 heterocycles. The molecule has 3 rings (SSSR count). The van der Waals surface area contributed by atoms with Gasteiger partial charge in [0.2, 0.25) is 11.1 Å². The Kier molecular flexibility index (Phi) is 5.47. The number of ether oxygens (including phenoxy) is 2. The Morgan fingerprint density at radius 2 is 1.96 bits per heavy atom. The number of amides is 1. The van der Waals surface area contributed by atoms with Crippen molar-refractivity contribution in [2.75, 3.05) is 25.3 Å². The molecule has 0 aliphatic carbocycles. The maximum absolute atomic E-state index is 12.3. The van der Waals surface area contributed by atoms with Crippen molar-refractivity contribution in [3.63, 3.8) is 0 Å². The van der Waals surface area contributed by atoms with Gasteiger partial charge in [-0.25, -0.2) is 4.68 Å². The number of nitrogens with zero attached hydrogens (tertiary/aromatic N) is 4. The number of nitrogens with one attached hydrogen (secondary N) is 1. The van der Waals surface area contributed by atoms with Crippen LogP contribution in [0.25, 0.3) is 0 Å². The van der Waals surface area contributed by atoms with Crippen LogP contribution in [-0.2, 0) is 4.79 Å². The van der Waals surface area contributed by atoms with Crippen LogP contribution in [0.2, 0.25) is 0 Å². The Morgan fingerprint density at radius 1 is 1.19 bits per heavy atom. The molecule has 1 N–H and O–H groups in total. The molecular formula is C17H19N5O3S. The molecule has 136 valence electrons. The van der Waals surface area contributed by atoms with Gasteiger partial charge in [-0.15, -0.1) is 10.2 Å². The molecule has 0 atom stereocenters. The van der Waals surface area contributed by atoms with Crippen molar-refractivity contribution in [2.45, 2.75) is 12.1 Å². The number of aromatic nitrogens is 4. The van der Waals surface area contributed by atoms with Crippen molar-refractivity contribution < 1.29 is 14.3 Å². The maximum atomic E-state index is 12.3. The molecule has 0 aliphatic heterocycles. The summed E-state index contributed by atoms with van der Waals surface area (Å²) in [6, 6.07) is 9.05. The Labute approximate surface area is 155 Å². The third kappa shape index (κ3) is 3.83. The zero-order chi connectivity index (χ0) is 18.5. The second-order valence-electron chi connectivity index (χ2n) is 5.31. The van der Waals surface area contributed by atoms with E-state index in [1.807, 2.05) is 40.8 Å². The van der Waals surface area contributed by atoms with E-state index in [0.717, 1.165) is 5.82 Å². The lowest BCUT2D eigenvalue weighted by Gasteiger charge is -2.12. The lowest BCUT2D eigenvalue weighted by atomic mass is 10.2. The quantitative estimate of drug-likeness (QED) is 0.641. The molecule has 0 fully saturated rings. The van der Waals surface area contributed by atoms with Crippen molar-refractivity contribution in [3.8, 4) is 11.5 Å². The van der Waals surface area contributed by atoms with Gasteiger partial charge in [-0.05, 0) is 31.2 Å². The summed E-state index contributed by atoms with van der Waals surface area (Å²) in [5.74, 6) is 1.95. The first-order chi connectivity index (χ1) is 12.6. The maximum Gasteiger partial charge on any atom is 0.234 e. The van der Waals surface area contributed by atoms with Gasteiger partial charge in [0.1, 0.15) is 11.5 Å². The van der Waals surface area contributed by atoms with E-state index >= 15 is 0 Å². The van der Waals surface area contributed by atoms with Crippen molar-refractivity contribution in [1.82, 2.24) is 19.5 Å². The summed E-state index contributed by atoms with van der Waals surface area (Å²) in [5.41, 5.74) is 0.585. The van der Waals surface area contributed by atoms with Gasteiger partial charge in [0.15, 0.2) is 5.82 Å². The third-order valence-electron chi connectivity index (χ3n) is 3.60. The number of benzene rings is 1. The van der Waals surface area contributed by atoms with E-state index in [0.29, 0.717) is 22.3 Å². The Balaban J connectivity index is 1.67. The number of rotatable bonds is 7. The largest absolute Gasteiger partial charge is 0.497 e. The van der Waals surface area contributed by atoms with E-state index < -0.39 is 0 Å². The summed E-state index contributed by atoms with van der Waals surface area (Å²) < 4.78 is 14.1. The molecule has 1 amide bonds. The molecule has 0 aliphatic rings. The van der Waals surface area contributed by atoms with Crippen molar-refractivity contribution in [2.24, 2.45) is 0 Å². The highest BCUT2D eigenvalue weighted by molar-refractivity contribution is 7.99. The number of carbonyl (C=O) groups excluding carboxylic acids is 1. The van der Waals surface area contributed by atoms with E-state index in [9.17, 15) is 4.79 Å². The first kappa shape index (κ1) is 17.9. The highest BCUT2D eigenvalue weighted by Crippen LogP contribution is 2.29. The van der Waals surface area contributed by atoms with E-state index in [1.165, 1.54) is 11.8 Å². The van der Waals surface area contributed by atoms with Crippen LogP contribution in [0.4, 0.5) is 5.69 Å². The average molecular weight is 373 g/mol. The smallest absolute Gasteiger partial charge is 0.234 e. The number of thioether (sulfide) groups is 1. The van der Waals surface area contributed by atoms with Crippen molar-refractivity contribution >= 4 is 23.4 Å². The fourth-order valence-electron chi connectivity index (χ4n) is 2.37. The van der Waals surface area contributed by atoms with Crippen LogP contribution < -0.4 is 14.8 Å². The minimum Gasteiger partial charge on any atom is -0.497 e. The molecule has 8 nitrogen and oxygen atoms in total. The Morgan fingerprint density at radius 3 is 2.65 bits per heavy atom. The summed E-state index contributed by atoms with van der Waals surface area (Å²) in [4.78, 5) is 12.3. The van der Waals surface area contributed by atoms with Crippen LogP contribution in [0.15, 0.2) is 47.9 Å². The number of methoxy groups -OCH3 is 2. The predicted molar refractivity (Wildman–Crippen MR) is 98.9 cm³/mol. The molecule has 9 heteroatoms. The predicted octanol–water partition coefficient (Wildman–Crippen LogP) is 2.45. The van der Waals surface area contributed by atoms with Gasteiger partial charge in [0.25, 0.3) is 0 Å². The van der Waals surface area contributed by atoms with Crippen LogP contribution in [0.3, 0.4) is 0 Å². The molecule has 1 aromatic carbocycles. The first-order valence-electron chi connectivity index (χ1n) is 7.82. The van der Waals surface area contributed by atoms with Gasteiger partial charge < -0.3 is 14.8 Å². The molecule has 0 saturated carbocycles. The van der Waals surface area contributed by atoms with Gasteiger partial charge >= 0.3 is 0 Å². The molecular weight excluding hydrogens is 354 g/mol. The summed E-state index contributed by atoms with van der Waals surface area (Å²) >= 11 is 1.31. The summed E-state index contributed by atoms with van der Waals surface area (Å²) in [7, 11) is 3.12. The fourth-order valence-corrected chi connectivity index (χ4v) is 3.15. The minimum absolute atomic E-state index is 0.168. The van der Waals surface area contributed by atoms with E-state index in [1.54, 1.807) is 32.4 Å². The lowest BCUT2D eigenvalue weighted by molar-refractivity contribution is -0.113. The molecule has 2 aromatic heterocycles. The molecule has 0 unspecified atom stereocenters. The zero-order valence-corrected chi connectivity index (χ0v) is 15.5. The Hall–Kier alpha value is -2.94. The van der Waals surface area contributed by atoms with E-state index in [2.05, 4.69) is 15.5 Å². The molecule has 3 aromatic rings. The zero-order valence-electron chi connectivity index (χ0n) is 14.7. The highest BCUT2D eigenvalue weighted by Gasteiger charge is 2.14. The minimum atomic E-state index is -0.168. The number of aryl methyl sites for hydroxylation is 1. The van der Waals surface area contributed by atoms with Gasteiger partial charge in [0.05, 0.1) is 25.7 Å². The lowest BCUT2D eigenvalue weighted by Crippen LogP contribution is -2.16. The number of carbonyl (C=O) groups is 1. The monoisotopic (exact) mass is 373 g/mol. The summed E-state index contributed by atoms with van der Waals surface area (Å²) in [6.07, 6.45) is 3.78. The van der Waals surface area contributed by atoms with Crippen molar-refractivity contribution in [3.05, 3.63) is 48.5 Å². The van der Waals surface area contributed by atoms with Crippen molar-refractivity contribution in [1.29, 1.82) is 0 Å². The van der Waals surface area contributed by atoms with E-state index in [-0.39, 0.29) is 11.7 Å². The highest BCUT2D eigenvalue weighted by atomic mass is 32.2. The molecule has 0 saturated heterocycles. The van der Waals surface area contributed by atoms with Crippen LogP contribution in [-0.4, -0.2) is 45.4 Å². The fraction of sp³-hybridized carbons (Fsp3) is 0.235. The standard InChI is InChI=1S/C17H19N5O3S/c1-12-19-20-17(22(12)21-8-4-5-9-21)26-11-16(23)18-14-7-6-13(24-2)10-15(14)25-3/h4-10H,11H2,1-3H3,(H,18,23). The molecule has 0 radical (unpaired) electrons. The molecule has 26 heavy (non-hydrogen) atoms. The topological polar surface area (TPSA) is 83.2 Å². The second-order valence-corrected chi connectivity index (χ2v) is 6.25. The average Bonchev–Trinajstić information content (AvgIpc) is 3.29. The van der Waals surface area contributed by atoms with Crippen LogP contribution in [0, 0.1) is 6.92 Å². The van der Waals surface area contributed by atoms with Gasteiger partial charge in [0, 0.05) is 18.5 Å². The van der Waals surface area contributed by atoms with Crippen LogP contribution >= 0.6 is 11.8 Å². The van der Waals surface area contributed by atoms with Gasteiger partial charge in [-0.2, -0.15) is 0 Å². The normalized spacial score (nSPS) is 10.6. The summed E-state index contributed by atoms with van der Waals surface area (Å²) in [6.45, 7) is 1.86. The van der Waals surface area contributed by atoms with Gasteiger partial charge in [-0.3, -0.25) is 9.47 Å². The SMILES string of the molecule is COc1ccc(NC(=O)CSc2nnc(C)n2-n2cccc2)c(OC)c1. The molecule has 0 spiro atoms. The third-order valence-corrected chi connectivity index (χ3v) is 4.52. The second kappa shape index (κ2) is 7.96. The molecule has 0 bridgehead atoms. The summed E-state index contributed by atoms with van der Waals surface area (Å²) in [5, 5.41) is 11.7. The van der Waals surface area contributed by atoms with Gasteiger partial charge in [-0.1, -0.05) is 11.8 Å². The van der Waals surface area contributed by atoms with Crippen LogP contribution in [0.1, 0.15) is 5.82 Å². The van der Waals surface area contributed by atoms with E-state index in [4.69, 9.17) is 9.47 Å².